The topological polar surface area (TPSA) is 38.1 Å². The van der Waals surface area contributed by atoms with Crippen LogP contribution in [0.2, 0.25) is 0 Å². The Hall–Kier alpha value is -2.14. The predicted octanol–water partition coefficient (Wildman–Crippen LogP) is 3.65. The summed E-state index contributed by atoms with van der Waals surface area (Å²) in [6, 6.07) is 12.3. The first-order chi connectivity index (χ1) is 11.2. The third-order valence-corrected chi connectivity index (χ3v) is 5.60. The Morgan fingerprint density at radius 2 is 2.17 bits per heavy atom. The number of nitrogens with zero attached hydrogens (tertiary/aromatic N) is 3. The normalized spacial score (nSPS) is 18.5. The number of aryl methyl sites for hydroxylation is 1. The second-order valence-electron chi connectivity index (χ2n) is 6.15. The van der Waals surface area contributed by atoms with Crippen molar-refractivity contribution in [2.24, 2.45) is 7.05 Å². The van der Waals surface area contributed by atoms with Crippen molar-refractivity contribution in [1.82, 2.24) is 14.7 Å². The van der Waals surface area contributed by atoms with Crippen LogP contribution in [0.4, 0.5) is 0 Å². The zero-order valence-electron chi connectivity index (χ0n) is 13.1. The minimum atomic E-state index is 0.159. The van der Waals surface area contributed by atoms with Gasteiger partial charge >= 0.3 is 0 Å². The molecule has 0 N–H and O–H groups in total. The molecule has 1 saturated heterocycles. The van der Waals surface area contributed by atoms with Gasteiger partial charge in [-0.15, -0.1) is 11.3 Å². The number of hydrogen-bond donors (Lipinski definition) is 0. The van der Waals surface area contributed by atoms with Gasteiger partial charge in [-0.05, 0) is 36.4 Å². The van der Waals surface area contributed by atoms with Crippen LogP contribution in [0.25, 0.3) is 10.1 Å². The average Bonchev–Trinajstić information content (AvgIpc) is 3.20. The van der Waals surface area contributed by atoms with Gasteiger partial charge in [-0.2, -0.15) is 5.10 Å². The monoisotopic (exact) mass is 325 g/mol. The minimum Gasteiger partial charge on any atom is -0.337 e. The lowest BCUT2D eigenvalue weighted by atomic mass is 9.95. The van der Waals surface area contributed by atoms with Crippen molar-refractivity contribution in [3.63, 3.8) is 0 Å². The summed E-state index contributed by atoms with van der Waals surface area (Å²) in [6.45, 7) is 1.61. The molecule has 2 aromatic heterocycles. The fourth-order valence-corrected chi connectivity index (χ4v) is 4.33. The molecule has 4 nitrogen and oxygen atoms in total. The van der Waals surface area contributed by atoms with E-state index in [0.29, 0.717) is 5.92 Å². The highest BCUT2D eigenvalue weighted by molar-refractivity contribution is 7.20. The zero-order valence-corrected chi connectivity index (χ0v) is 13.9. The fraction of sp³-hybridized carbons (Fsp3) is 0.333. The SMILES string of the molecule is Cn1ccc([C@@H]2CCCN(C(=O)c3cc4ccccc4s3)C2)n1. The van der Waals surface area contributed by atoms with Gasteiger partial charge in [0.15, 0.2) is 0 Å². The molecule has 118 valence electrons. The number of amides is 1. The summed E-state index contributed by atoms with van der Waals surface area (Å²) >= 11 is 1.59. The third-order valence-electron chi connectivity index (χ3n) is 4.50. The van der Waals surface area contributed by atoms with Crippen LogP contribution in [0, 0.1) is 0 Å². The van der Waals surface area contributed by atoms with Gasteiger partial charge in [0.1, 0.15) is 0 Å². The van der Waals surface area contributed by atoms with E-state index in [2.05, 4.69) is 23.3 Å². The van der Waals surface area contributed by atoms with E-state index in [4.69, 9.17) is 0 Å². The molecular weight excluding hydrogens is 306 g/mol. The van der Waals surface area contributed by atoms with Crippen LogP contribution < -0.4 is 0 Å². The van der Waals surface area contributed by atoms with Crippen molar-refractivity contribution in [3.05, 3.63) is 53.2 Å². The molecular formula is C18H19N3OS. The van der Waals surface area contributed by atoms with E-state index in [1.807, 2.05) is 41.0 Å². The quantitative estimate of drug-likeness (QED) is 0.721. The molecule has 0 saturated carbocycles. The van der Waals surface area contributed by atoms with Crippen LogP contribution in [0.15, 0.2) is 42.6 Å². The van der Waals surface area contributed by atoms with Crippen LogP contribution >= 0.6 is 11.3 Å². The molecule has 0 aliphatic carbocycles. The summed E-state index contributed by atoms with van der Waals surface area (Å²) in [6.07, 6.45) is 4.12. The lowest BCUT2D eigenvalue weighted by molar-refractivity contribution is 0.0711. The van der Waals surface area contributed by atoms with Crippen molar-refractivity contribution in [3.8, 4) is 0 Å². The van der Waals surface area contributed by atoms with Crippen molar-refractivity contribution in [2.75, 3.05) is 13.1 Å². The third kappa shape index (κ3) is 2.77. The number of hydrogen-bond acceptors (Lipinski definition) is 3. The van der Waals surface area contributed by atoms with Gasteiger partial charge in [0.25, 0.3) is 5.91 Å². The second kappa shape index (κ2) is 5.81. The molecule has 4 rings (SSSR count). The van der Waals surface area contributed by atoms with Crippen LogP contribution in [0.3, 0.4) is 0 Å². The van der Waals surface area contributed by atoms with E-state index >= 15 is 0 Å². The number of likely N-dealkylation sites (tertiary alicyclic amines) is 1. The van der Waals surface area contributed by atoms with E-state index in [-0.39, 0.29) is 5.91 Å². The Morgan fingerprint density at radius 3 is 2.96 bits per heavy atom. The van der Waals surface area contributed by atoms with Crippen molar-refractivity contribution in [1.29, 1.82) is 0 Å². The summed E-state index contributed by atoms with van der Waals surface area (Å²) in [4.78, 5) is 15.7. The maximum atomic E-state index is 12.9. The number of carbonyl (C=O) groups is 1. The maximum absolute atomic E-state index is 12.9. The lowest BCUT2D eigenvalue weighted by Crippen LogP contribution is -2.38. The Kier molecular flexibility index (Phi) is 3.65. The van der Waals surface area contributed by atoms with Crippen LogP contribution in [-0.4, -0.2) is 33.7 Å². The number of aromatic nitrogens is 2. The van der Waals surface area contributed by atoms with Crippen LogP contribution in [-0.2, 0) is 7.05 Å². The number of benzene rings is 1. The first-order valence-electron chi connectivity index (χ1n) is 7.98. The van der Waals surface area contributed by atoms with Gasteiger partial charge in [0, 0.05) is 37.0 Å². The standard InChI is InChI=1S/C18H19N3OS/c1-20-10-8-15(19-20)14-6-4-9-21(12-14)18(22)17-11-13-5-2-3-7-16(13)23-17/h2-3,5,7-8,10-11,14H,4,6,9,12H2,1H3/t14-/m1/s1. The Bertz CT molecular complexity index is 818. The van der Waals surface area contributed by atoms with Crippen LogP contribution in [0.5, 0.6) is 0 Å². The van der Waals surface area contributed by atoms with E-state index in [1.165, 1.54) is 4.70 Å². The Morgan fingerprint density at radius 1 is 1.30 bits per heavy atom. The molecule has 1 fully saturated rings. The Balaban J connectivity index is 1.55. The number of thiophene rings is 1. The summed E-state index contributed by atoms with van der Waals surface area (Å²) in [5, 5.41) is 5.67. The number of carbonyl (C=O) groups excluding carboxylic acids is 1. The lowest BCUT2D eigenvalue weighted by Gasteiger charge is -2.31. The molecule has 1 aliphatic heterocycles. The first-order valence-corrected chi connectivity index (χ1v) is 8.80. The van der Waals surface area contributed by atoms with Gasteiger partial charge in [-0.1, -0.05) is 18.2 Å². The summed E-state index contributed by atoms with van der Waals surface area (Å²) in [5.74, 6) is 0.509. The maximum Gasteiger partial charge on any atom is 0.263 e. The summed E-state index contributed by atoms with van der Waals surface area (Å²) < 4.78 is 3.01. The molecule has 5 heteroatoms. The molecule has 23 heavy (non-hydrogen) atoms. The number of rotatable bonds is 2. The van der Waals surface area contributed by atoms with Gasteiger partial charge in [0.2, 0.25) is 0 Å². The molecule has 1 atom stereocenters. The predicted molar refractivity (Wildman–Crippen MR) is 92.9 cm³/mol. The zero-order chi connectivity index (χ0) is 15.8. The molecule has 0 spiro atoms. The average molecular weight is 325 g/mol. The molecule has 0 unspecified atom stereocenters. The number of fused-ring (bicyclic) bond motifs is 1. The molecule has 0 radical (unpaired) electrons. The van der Waals surface area contributed by atoms with E-state index < -0.39 is 0 Å². The van der Waals surface area contributed by atoms with Gasteiger partial charge in [0.05, 0.1) is 10.6 Å². The first kappa shape index (κ1) is 14.5. The van der Waals surface area contributed by atoms with Gasteiger partial charge in [-0.25, -0.2) is 0 Å². The highest BCUT2D eigenvalue weighted by Gasteiger charge is 2.27. The second-order valence-corrected chi connectivity index (χ2v) is 7.24. The van der Waals surface area contributed by atoms with Crippen LogP contribution in [0.1, 0.15) is 34.1 Å². The van der Waals surface area contributed by atoms with Crippen molar-refractivity contribution < 1.29 is 4.79 Å². The summed E-state index contributed by atoms with van der Waals surface area (Å²) in [7, 11) is 1.94. The summed E-state index contributed by atoms with van der Waals surface area (Å²) in [5.41, 5.74) is 1.10. The minimum absolute atomic E-state index is 0.159. The highest BCUT2D eigenvalue weighted by atomic mass is 32.1. The van der Waals surface area contributed by atoms with E-state index in [9.17, 15) is 4.79 Å². The Labute approximate surface area is 139 Å². The smallest absolute Gasteiger partial charge is 0.263 e. The molecule has 1 aliphatic rings. The van der Waals surface area contributed by atoms with Gasteiger partial charge < -0.3 is 4.90 Å². The number of piperidine rings is 1. The largest absolute Gasteiger partial charge is 0.337 e. The molecule has 0 bridgehead atoms. The van der Waals surface area contributed by atoms with E-state index in [1.54, 1.807) is 11.3 Å². The highest BCUT2D eigenvalue weighted by Crippen LogP contribution is 2.30. The molecule has 3 aromatic rings. The van der Waals surface area contributed by atoms with Crippen molar-refractivity contribution >= 4 is 27.3 Å². The molecule has 1 aromatic carbocycles. The molecule has 3 heterocycles. The van der Waals surface area contributed by atoms with Crippen molar-refractivity contribution in [2.45, 2.75) is 18.8 Å². The van der Waals surface area contributed by atoms with E-state index in [0.717, 1.165) is 41.9 Å². The fourth-order valence-electron chi connectivity index (χ4n) is 3.30. The van der Waals surface area contributed by atoms with Gasteiger partial charge in [-0.3, -0.25) is 9.48 Å². The molecule has 1 amide bonds.